The number of nitrogens with one attached hydrogen (secondary N) is 1. The monoisotopic (exact) mass is 322 g/mol. The summed E-state index contributed by atoms with van der Waals surface area (Å²) in [4.78, 5) is 2.55. The molecule has 1 saturated heterocycles. The summed E-state index contributed by atoms with van der Waals surface area (Å²) < 4.78 is 16.6. The van der Waals surface area contributed by atoms with Gasteiger partial charge < -0.3 is 19.5 Å². The highest BCUT2D eigenvalue weighted by molar-refractivity contribution is 5.52. The second-order valence-electron chi connectivity index (χ2n) is 6.07. The maximum atomic E-state index is 5.68. The maximum absolute atomic E-state index is 5.68. The van der Waals surface area contributed by atoms with Gasteiger partial charge in [0, 0.05) is 43.9 Å². The van der Waals surface area contributed by atoms with Gasteiger partial charge in [-0.2, -0.15) is 0 Å². The van der Waals surface area contributed by atoms with Crippen molar-refractivity contribution >= 4 is 0 Å². The summed E-state index contributed by atoms with van der Waals surface area (Å²) >= 11 is 0. The average Bonchev–Trinajstić information content (AvgIpc) is 2.62. The lowest BCUT2D eigenvalue weighted by Crippen LogP contribution is -2.46. The fourth-order valence-corrected chi connectivity index (χ4v) is 3.33. The van der Waals surface area contributed by atoms with E-state index < -0.39 is 0 Å². The Hall–Kier alpha value is -1.46. The molecule has 2 rings (SSSR count). The molecule has 1 unspecified atom stereocenters. The molecule has 0 aliphatic carbocycles. The summed E-state index contributed by atoms with van der Waals surface area (Å²) in [5.74, 6) is 2.86. The summed E-state index contributed by atoms with van der Waals surface area (Å²) in [5.41, 5.74) is 1.18. The molecule has 0 saturated carbocycles. The number of hydrogen-bond acceptors (Lipinski definition) is 5. The summed E-state index contributed by atoms with van der Waals surface area (Å²) in [6.07, 6.45) is 1.12. The second-order valence-corrected chi connectivity index (χ2v) is 6.07. The molecule has 1 heterocycles. The number of piperazine rings is 1. The zero-order valence-corrected chi connectivity index (χ0v) is 15.0. The Morgan fingerprint density at radius 1 is 1.00 bits per heavy atom. The van der Waals surface area contributed by atoms with Gasteiger partial charge in [0.05, 0.1) is 21.3 Å². The topological polar surface area (TPSA) is 43.0 Å². The Morgan fingerprint density at radius 3 is 2.09 bits per heavy atom. The predicted octanol–water partition coefficient (Wildman–Crippen LogP) is 2.70. The smallest absolute Gasteiger partial charge is 0.164 e. The predicted molar refractivity (Wildman–Crippen MR) is 92.7 cm³/mol. The minimum atomic E-state index is 0.317. The van der Waals surface area contributed by atoms with Gasteiger partial charge in [-0.05, 0) is 12.0 Å². The number of benzene rings is 1. The zero-order chi connectivity index (χ0) is 16.8. The molecule has 0 amide bonds. The second kappa shape index (κ2) is 8.41. The summed E-state index contributed by atoms with van der Waals surface area (Å²) in [6.45, 7) is 8.71. The van der Waals surface area contributed by atoms with Crippen molar-refractivity contribution in [2.75, 3.05) is 47.5 Å². The molecule has 130 valence electrons. The fourth-order valence-electron chi connectivity index (χ4n) is 3.33. The Balaban J connectivity index is 2.47. The van der Waals surface area contributed by atoms with Gasteiger partial charge in [-0.25, -0.2) is 0 Å². The molecule has 0 aromatic heterocycles. The third-order valence-corrected chi connectivity index (χ3v) is 4.78. The van der Waals surface area contributed by atoms with Crippen molar-refractivity contribution in [2.24, 2.45) is 5.92 Å². The van der Waals surface area contributed by atoms with Crippen molar-refractivity contribution in [2.45, 2.75) is 26.3 Å². The van der Waals surface area contributed by atoms with Gasteiger partial charge >= 0.3 is 0 Å². The van der Waals surface area contributed by atoms with Crippen molar-refractivity contribution in [3.63, 3.8) is 0 Å². The minimum absolute atomic E-state index is 0.317. The lowest BCUT2D eigenvalue weighted by atomic mass is 9.89. The van der Waals surface area contributed by atoms with Crippen LogP contribution in [0.2, 0.25) is 0 Å². The van der Waals surface area contributed by atoms with E-state index in [9.17, 15) is 0 Å². The van der Waals surface area contributed by atoms with E-state index in [1.54, 1.807) is 21.3 Å². The fraction of sp³-hybridized carbons (Fsp3) is 0.667. The Labute approximate surface area is 139 Å². The first-order chi connectivity index (χ1) is 11.2. The molecule has 0 radical (unpaired) electrons. The first kappa shape index (κ1) is 17.9. The molecule has 23 heavy (non-hydrogen) atoms. The summed E-state index contributed by atoms with van der Waals surface area (Å²) in [5, 5.41) is 3.43. The first-order valence-corrected chi connectivity index (χ1v) is 8.40. The molecule has 1 N–H and O–H groups in total. The Kier molecular flexibility index (Phi) is 6.54. The van der Waals surface area contributed by atoms with Crippen LogP contribution in [0, 0.1) is 5.92 Å². The van der Waals surface area contributed by atoms with Crippen LogP contribution in [0.5, 0.6) is 17.2 Å². The first-order valence-electron chi connectivity index (χ1n) is 8.40. The normalized spacial score (nSPS) is 18.3. The van der Waals surface area contributed by atoms with E-state index in [2.05, 4.69) is 30.1 Å². The van der Waals surface area contributed by atoms with Gasteiger partial charge in [0.1, 0.15) is 5.75 Å². The maximum Gasteiger partial charge on any atom is 0.164 e. The van der Waals surface area contributed by atoms with Crippen LogP contribution in [0.15, 0.2) is 12.1 Å². The molecule has 5 nitrogen and oxygen atoms in total. The molecule has 1 aromatic rings. The zero-order valence-electron chi connectivity index (χ0n) is 15.0. The van der Waals surface area contributed by atoms with E-state index in [1.165, 1.54) is 5.56 Å². The van der Waals surface area contributed by atoms with Crippen molar-refractivity contribution in [1.82, 2.24) is 10.2 Å². The molecule has 1 aromatic carbocycles. The lowest BCUT2D eigenvalue weighted by Gasteiger charge is -2.39. The van der Waals surface area contributed by atoms with E-state index in [0.29, 0.717) is 17.7 Å². The van der Waals surface area contributed by atoms with Gasteiger partial charge in [-0.3, -0.25) is 4.90 Å². The van der Waals surface area contributed by atoms with E-state index >= 15 is 0 Å². The third-order valence-electron chi connectivity index (χ3n) is 4.78. The van der Waals surface area contributed by atoms with Crippen LogP contribution < -0.4 is 19.5 Å². The molecular formula is C18H30N2O3. The molecule has 0 bridgehead atoms. The lowest BCUT2D eigenvalue weighted by molar-refractivity contribution is 0.125. The molecule has 1 aliphatic heterocycles. The van der Waals surface area contributed by atoms with E-state index in [1.807, 2.05) is 6.07 Å². The van der Waals surface area contributed by atoms with Crippen LogP contribution >= 0.6 is 0 Å². The van der Waals surface area contributed by atoms with Crippen molar-refractivity contribution in [3.05, 3.63) is 17.7 Å². The van der Waals surface area contributed by atoms with E-state index in [-0.39, 0.29) is 0 Å². The standard InChI is InChI=1S/C18H30N2O3/c1-6-13(2)18(20-9-7-19-8-10-20)14-11-16(22-4)17(23-5)12-15(14)21-3/h11-13,18-19H,6-10H2,1-5H3/t13?,18-/m0/s1. The Bertz CT molecular complexity index is 501. The molecule has 2 atom stereocenters. The van der Waals surface area contributed by atoms with Crippen molar-refractivity contribution in [1.29, 1.82) is 0 Å². The largest absolute Gasteiger partial charge is 0.496 e. The van der Waals surface area contributed by atoms with Crippen LogP contribution in [-0.2, 0) is 0 Å². The highest BCUT2D eigenvalue weighted by atomic mass is 16.5. The van der Waals surface area contributed by atoms with Crippen LogP contribution in [0.4, 0.5) is 0 Å². The van der Waals surface area contributed by atoms with Crippen LogP contribution in [0.1, 0.15) is 31.9 Å². The van der Waals surface area contributed by atoms with Crippen LogP contribution in [0.25, 0.3) is 0 Å². The van der Waals surface area contributed by atoms with Gasteiger partial charge in [0.25, 0.3) is 0 Å². The van der Waals surface area contributed by atoms with Gasteiger partial charge in [0.15, 0.2) is 11.5 Å². The van der Waals surface area contributed by atoms with Crippen molar-refractivity contribution < 1.29 is 14.2 Å². The number of nitrogens with zero attached hydrogens (tertiary/aromatic N) is 1. The number of hydrogen-bond donors (Lipinski definition) is 1. The minimum Gasteiger partial charge on any atom is -0.496 e. The Morgan fingerprint density at radius 2 is 1.57 bits per heavy atom. The third kappa shape index (κ3) is 3.90. The average molecular weight is 322 g/mol. The van der Waals surface area contributed by atoms with Crippen LogP contribution in [0.3, 0.4) is 0 Å². The molecule has 5 heteroatoms. The van der Waals surface area contributed by atoms with E-state index in [0.717, 1.165) is 44.1 Å². The molecule has 1 fully saturated rings. The summed E-state index contributed by atoms with van der Waals surface area (Å²) in [7, 11) is 5.05. The van der Waals surface area contributed by atoms with Crippen molar-refractivity contribution in [3.8, 4) is 17.2 Å². The van der Waals surface area contributed by atoms with Gasteiger partial charge in [-0.15, -0.1) is 0 Å². The number of methoxy groups -OCH3 is 3. The molecule has 1 aliphatic rings. The number of rotatable bonds is 7. The van der Waals surface area contributed by atoms with Gasteiger partial charge in [0.2, 0.25) is 0 Å². The quantitative estimate of drug-likeness (QED) is 0.836. The molecule has 0 spiro atoms. The summed E-state index contributed by atoms with van der Waals surface area (Å²) in [6, 6.07) is 4.33. The van der Waals surface area contributed by atoms with E-state index in [4.69, 9.17) is 14.2 Å². The van der Waals surface area contributed by atoms with Crippen LogP contribution in [-0.4, -0.2) is 52.4 Å². The SMILES string of the molecule is CCC(C)[C@@H](c1cc(OC)c(OC)cc1OC)N1CCNCC1. The van der Waals surface area contributed by atoms with Gasteiger partial charge in [-0.1, -0.05) is 20.3 Å². The molecular weight excluding hydrogens is 292 g/mol. The number of ether oxygens (including phenoxy) is 3. The highest BCUT2D eigenvalue weighted by Crippen LogP contribution is 2.42. The highest BCUT2D eigenvalue weighted by Gasteiger charge is 2.30.